The van der Waals surface area contributed by atoms with Gasteiger partial charge in [0.2, 0.25) is 5.91 Å². The molecule has 126 valence electrons. The maximum atomic E-state index is 13.1. The van der Waals surface area contributed by atoms with Crippen molar-refractivity contribution in [3.63, 3.8) is 0 Å². The first kappa shape index (κ1) is 15.3. The molecule has 2 aromatic rings. The number of hydrogen-bond acceptors (Lipinski definition) is 5. The third-order valence-corrected chi connectivity index (χ3v) is 5.08. The molecule has 0 spiro atoms. The quantitative estimate of drug-likeness (QED) is 0.842. The van der Waals surface area contributed by atoms with E-state index in [9.17, 15) is 4.79 Å². The number of carbonyl (C=O) groups excluding carboxylic acids is 1. The molecule has 2 fully saturated rings. The summed E-state index contributed by atoms with van der Waals surface area (Å²) in [6.07, 6.45) is 2.76. The summed E-state index contributed by atoms with van der Waals surface area (Å²) in [4.78, 5) is 19.4. The second kappa shape index (κ2) is 6.02. The van der Waals surface area contributed by atoms with Gasteiger partial charge >= 0.3 is 0 Å². The molecule has 1 aromatic carbocycles. The minimum atomic E-state index is -0.297. The van der Waals surface area contributed by atoms with Gasteiger partial charge in [0, 0.05) is 26.1 Å². The Morgan fingerprint density at radius 1 is 1.38 bits per heavy atom. The highest BCUT2D eigenvalue weighted by Gasteiger charge is 2.53. The third-order valence-electron chi connectivity index (χ3n) is 5.08. The van der Waals surface area contributed by atoms with Crippen LogP contribution in [0.15, 0.2) is 34.9 Å². The van der Waals surface area contributed by atoms with Crippen molar-refractivity contribution < 1.29 is 14.1 Å². The molecule has 1 saturated heterocycles. The molecule has 4 rings (SSSR count). The molecule has 1 aliphatic heterocycles. The maximum absolute atomic E-state index is 13.1. The summed E-state index contributed by atoms with van der Waals surface area (Å²) in [5, 5.41) is 4.04. The van der Waals surface area contributed by atoms with Crippen molar-refractivity contribution in [1.82, 2.24) is 15.0 Å². The van der Waals surface area contributed by atoms with Crippen LogP contribution < -0.4 is 0 Å². The number of aromatic nitrogens is 2. The van der Waals surface area contributed by atoms with Crippen LogP contribution in [0.1, 0.15) is 42.5 Å². The van der Waals surface area contributed by atoms with Crippen molar-refractivity contribution in [2.45, 2.75) is 37.2 Å². The smallest absolute Gasteiger partial charge is 0.252 e. The highest BCUT2D eigenvalue weighted by Crippen LogP contribution is 2.50. The Labute approximate surface area is 140 Å². The summed E-state index contributed by atoms with van der Waals surface area (Å²) in [6, 6.07) is 10.1. The Balaban J connectivity index is 1.46. The van der Waals surface area contributed by atoms with Gasteiger partial charge in [0.25, 0.3) is 5.89 Å². The first-order valence-electron chi connectivity index (χ1n) is 8.39. The van der Waals surface area contributed by atoms with Gasteiger partial charge in [-0.25, -0.2) is 0 Å². The van der Waals surface area contributed by atoms with Crippen molar-refractivity contribution in [2.24, 2.45) is 0 Å². The SMILES string of the molecule is COCc1nc(C2CCN(C(=O)C3(c4ccccc4)CC3)C2)no1. The van der Waals surface area contributed by atoms with Gasteiger partial charge < -0.3 is 14.2 Å². The van der Waals surface area contributed by atoms with Gasteiger partial charge in [-0.3, -0.25) is 4.79 Å². The van der Waals surface area contributed by atoms with Gasteiger partial charge in [-0.2, -0.15) is 4.98 Å². The van der Waals surface area contributed by atoms with E-state index in [-0.39, 0.29) is 17.2 Å². The highest BCUT2D eigenvalue weighted by molar-refractivity contribution is 5.91. The summed E-state index contributed by atoms with van der Waals surface area (Å²) >= 11 is 0. The molecule has 1 unspecified atom stereocenters. The molecular weight excluding hydrogens is 306 g/mol. The van der Waals surface area contributed by atoms with Gasteiger partial charge in [-0.05, 0) is 24.8 Å². The van der Waals surface area contributed by atoms with Crippen molar-refractivity contribution >= 4 is 5.91 Å². The molecule has 0 bridgehead atoms. The Kier molecular flexibility index (Phi) is 3.84. The summed E-state index contributed by atoms with van der Waals surface area (Å²) < 4.78 is 10.2. The Hall–Kier alpha value is -2.21. The highest BCUT2D eigenvalue weighted by atomic mass is 16.5. The molecule has 6 nitrogen and oxygen atoms in total. The summed E-state index contributed by atoms with van der Waals surface area (Å²) in [5.74, 6) is 1.56. The number of likely N-dealkylation sites (tertiary alicyclic amines) is 1. The van der Waals surface area contributed by atoms with Gasteiger partial charge in [-0.1, -0.05) is 35.5 Å². The molecule has 2 heterocycles. The summed E-state index contributed by atoms with van der Waals surface area (Å²) in [6.45, 7) is 1.74. The predicted molar refractivity (Wildman–Crippen MR) is 86.3 cm³/mol. The van der Waals surface area contributed by atoms with Crippen LogP contribution in [0.4, 0.5) is 0 Å². The molecular formula is C18H21N3O3. The second-order valence-corrected chi connectivity index (χ2v) is 6.66. The van der Waals surface area contributed by atoms with E-state index in [0.717, 1.165) is 31.4 Å². The lowest BCUT2D eigenvalue weighted by molar-refractivity contribution is -0.132. The average molecular weight is 327 g/mol. The van der Waals surface area contributed by atoms with Crippen LogP contribution in [0.5, 0.6) is 0 Å². The largest absolute Gasteiger partial charge is 0.375 e. The van der Waals surface area contributed by atoms with Crippen LogP contribution in [0.25, 0.3) is 0 Å². The van der Waals surface area contributed by atoms with Crippen LogP contribution in [0, 0.1) is 0 Å². The monoisotopic (exact) mass is 327 g/mol. The van der Waals surface area contributed by atoms with Crippen molar-refractivity contribution in [2.75, 3.05) is 20.2 Å². The minimum absolute atomic E-state index is 0.148. The zero-order valence-electron chi connectivity index (χ0n) is 13.8. The zero-order chi connectivity index (χ0) is 16.6. The number of benzene rings is 1. The predicted octanol–water partition coefficient (Wildman–Crippen LogP) is 2.26. The fraction of sp³-hybridized carbons (Fsp3) is 0.500. The van der Waals surface area contributed by atoms with E-state index in [0.29, 0.717) is 24.9 Å². The van der Waals surface area contributed by atoms with E-state index in [2.05, 4.69) is 22.3 Å². The fourth-order valence-corrected chi connectivity index (χ4v) is 3.58. The molecule has 1 aliphatic carbocycles. The molecule has 2 aliphatic rings. The number of nitrogens with zero attached hydrogens (tertiary/aromatic N) is 3. The Morgan fingerprint density at radius 2 is 2.17 bits per heavy atom. The second-order valence-electron chi connectivity index (χ2n) is 6.66. The lowest BCUT2D eigenvalue weighted by Gasteiger charge is -2.23. The van der Waals surface area contributed by atoms with Crippen molar-refractivity contribution in [1.29, 1.82) is 0 Å². The molecule has 24 heavy (non-hydrogen) atoms. The lowest BCUT2D eigenvalue weighted by atomic mass is 9.94. The summed E-state index contributed by atoms with van der Waals surface area (Å²) in [7, 11) is 1.60. The van der Waals surface area contributed by atoms with E-state index >= 15 is 0 Å². The zero-order valence-corrected chi connectivity index (χ0v) is 13.8. The van der Waals surface area contributed by atoms with Gasteiger partial charge in [0.05, 0.1) is 5.41 Å². The number of rotatable bonds is 5. The van der Waals surface area contributed by atoms with Crippen LogP contribution in [0.2, 0.25) is 0 Å². The minimum Gasteiger partial charge on any atom is -0.375 e. The molecule has 0 N–H and O–H groups in total. The number of hydrogen-bond donors (Lipinski definition) is 0. The van der Waals surface area contributed by atoms with E-state index < -0.39 is 0 Å². The number of methoxy groups -OCH3 is 1. The number of carbonyl (C=O) groups is 1. The first-order chi connectivity index (χ1) is 11.7. The van der Waals surface area contributed by atoms with Gasteiger partial charge in [-0.15, -0.1) is 0 Å². The fourth-order valence-electron chi connectivity index (χ4n) is 3.58. The number of ether oxygens (including phenoxy) is 1. The average Bonchev–Trinajstić information content (AvgIpc) is 3.05. The normalized spacial score (nSPS) is 21.9. The maximum Gasteiger partial charge on any atom is 0.252 e. The molecule has 1 saturated carbocycles. The third kappa shape index (κ3) is 2.60. The topological polar surface area (TPSA) is 68.5 Å². The molecule has 1 aromatic heterocycles. The van der Waals surface area contributed by atoms with E-state index in [1.165, 1.54) is 0 Å². The standard InChI is InChI=1S/C18H21N3O3/c1-23-12-15-19-16(20-24-15)13-7-10-21(11-13)17(22)18(8-9-18)14-5-3-2-4-6-14/h2-6,13H,7-12H2,1H3. The van der Waals surface area contributed by atoms with Gasteiger partial charge in [0.15, 0.2) is 5.82 Å². The number of amides is 1. The van der Waals surface area contributed by atoms with E-state index in [4.69, 9.17) is 9.26 Å². The van der Waals surface area contributed by atoms with Crippen molar-refractivity contribution in [3.8, 4) is 0 Å². The van der Waals surface area contributed by atoms with Crippen molar-refractivity contribution in [3.05, 3.63) is 47.6 Å². The molecule has 0 radical (unpaired) electrons. The molecule has 1 amide bonds. The van der Waals surface area contributed by atoms with Crippen LogP contribution in [-0.4, -0.2) is 41.1 Å². The molecule has 6 heteroatoms. The van der Waals surface area contributed by atoms with Crippen LogP contribution in [-0.2, 0) is 21.6 Å². The summed E-state index contributed by atoms with van der Waals surface area (Å²) in [5.41, 5.74) is 0.842. The van der Waals surface area contributed by atoms with E-state index in [1.807, 2.05) is 23.1 Å². The Morgan fingerprint density at radius 3 is 2.88 bits per heavy atom. The van der Waals surface area contributed by atoms with Crippen LogP contribution >= 0.6 is 0 Å². The Bertz CT molecular complexity index is 724. The lowest BCUT2D eigenvalue weighted by Crippen LogP contribution is -2.37. The first-order valence-corrected chi connectivity index (χ1v) is 8.39. The van der Waals surface area contributed by atoms with Crippen LogP contribution in [0.3, 0.4) is 0 Å². The van der Waals surface area contributed by atoms with E-state index in [1.54, 1.807) is 7.11 Å². The van der Waals surface area contributed by atoms with Gasteiger partial charge in [0.1, 0.15) is 6.61 Å². The molecule has 1 atom stereocenters.